The summed E-state index contributed by atoms with van der Waals surface area (Å²) in [6.07, 6.45) is 4.65. The van der Waals surface area contributed by atoms with Crippen LogP contribution in [0.5, 0.6) is 0 Å². The van der Waals surface area contributed by atoms with Crippen LogP contribution < -0.4 is 0 Å². The predicted molar refractivity (Wildman–Crippen MR) is 96.0 cm³/mol. The Kier molecular flexibility index (Phi) is 4.52. The smallest absolute Gasteiger partial charge is 0.138 e. The number of fused-ring (bicyclic) bond motifs is 1. The minimum absolute atomic E-state index is 0.00466. The molecule has 0 aliphatic rings. The SMILES string of the molecule is CC(C)(C)C(=O)C[C@@H](Cc1nccc2ccccc12)c1ccco1. The van der Waals surface area contributed by atoms with E-state index in [1.54, 1.807) is 6.26 Å². The summed E-state index contributed by atoms with van der Waals surface area (Å²) >= 11 is 0. The molecule has 0 aliphatic heterocycles. The van der Waals surface area contributed by atoms with Crippen LogP contribution >= 0.6 is 0 Å². The Hall–Kier alpha value is -2.42. The first kappa shape index (κ1) is 16.4. The van der Waals surface area contributed by atoms with Crippen molar-refractivity contribution < 1.29 is 9.21 Å². The molecule has 1 atom stereocenters. The van der Waals surface area contributed by atoms with Gasteiger partial charge in [-0.05, 0) is 23.6 Å². The Bertz CT molecular complexity index is 823. The standard InChI is InChI=1S/C21H23NO2/c1-21(2,3)20(23)14-16(19-9-6-12-24-19)13-18-17-8-5-4-7-15(17)10-11-22-18/h4-12,16H,13-14H2,1-3H3/t16-/m1/s1. The third-order valence-electron chi connectivity index (χ3n) is 4.41. The van der Waals surface area contributed by atoms with Gasteiger partial charge in [-0.15, -0.1) is 0 Å². The highest BCUT2D eigenvalue weighted by Gasteiger charge is 2.27. The molecule has 2 heterocycles. The summed E-state index contributed by atoms with van der Waals surface area (Å²) < 4.78 is 5.61. The van der Waals surface area contributed by atoms with Gasteiger partial charge in [-0.3, -0.25) is 9.78 Å². The molecule has 0 fully saturated rings. The fourth-order valence-corrected chi connectivity index (χ4v) is 2.91. The van der Waals surface area contributed by atoms with Gasteiger partial charge in [0.05, 0.1) is 6.26 Å². The van der Waals surface area contributed by atoms with Crippen LogP contribution in [0.25, 0.3) is 10.8 Å². The van der Waals surface area contributed by atoms with E-state index in [1.165, 1.54) is 5.39 Å². The van der Waals surface area contributed by atoms with Crippen LogP contribution in [0, 0.1) is 5.41 Å². The fraction of sp³-hybridized carbons (Fsp3) is 0.333. The lowest BCUT2D eigenvalue weighted by molar-refractivity contribution is -0.126. The molecule has 0 N–H and O–H groups in total. The molecule has 24 heavy (non-hydrogen) atoms. The van der Waals surface area contributed by atoms with Gasteiger partial charge in [0, 0.05) is 41.5 Å². The van der Waals surface area contributed by atoms with E-state index < -0.39 is 0 Å². The van der Waals surface area contributed by atoms with Crippen LogP contribution in [-0.4, -0.2) is 10.8 Å². The van der Waals surface area contributed by atoms with Crippen molar-refractivity contribution in [3.8, 4) is 0 Å². The van der Waals surface area contributed by atoms with Crippen molar-refractivity contribution in [3.05, 3.63) is 66.4 Å². The number of carbonyl (C=O) groups excluding carboxylic acids is 1. The molecule has 1 aromatic carbocycles. The van der Waals surface area contributed by atoms with Crippen molar-refractivity contribution in [2.24, 2.45) is 5.41 Å². The molecule has 0 bridgehead atoms. The maximum Gasteiger partial charge on any atom is 0.138 e. The number of aromatic nitrogens is 1. The lowest BCUT2D eigenvalue weighted by Crippen LogP contribution is -2.23. The lowest BCUT2D eigenvalue weighted by atomic mass is 9.82. The number of pyridine rings is 1. The van der Waals surface area contributed by atoms with Crippen molar-refractivity contribution in [2.45, 2.75) is 39.5 Å². The summed E-state index contributed by atoms with van der Waals surface area (Å²) in [6, 6.07) is 14.1. The second-order valence-electron chi connectivity index (χ2n) is 7.27. The van der Waals surface area contributed by atoms with E-state index in [1.807, 2.05) is 57.3 Å². The summed E-state index contributed by atoms with van der Waals surface area (Å²) in [7, 11) is 0. The van der Waals surface area contributed by atoms with E-state index in [4.69, 9.17) is 4.42 Å². The quantitative estimate of drug-likeness (QED) is 0.652. The first-order valence-corrected chi connectivity index (χ1v) is 8.34. The number of Topliss-reactive ketones (excluding diaryl/α,β-unsaturated/α-hetero) is 1. The van der Waals surface area contributed by atoms with E-state index >= 15 is 0 Å². The maximum atomic E-state index is 12.6. The zero-order valence-electron chi connectivity index (χ0n) is 14.5. The number of hydrogen-bond acceptors (Lipinski definition) is 3. The normalized spacial score (nSPS) is 13.1. The van der Waals surface area contributed by atoms with Crippen LogP contribution in [0.15, 0.2) is 59.3 Å². The molecule has 0 radical (unpaired) electrons. The fourth-order valence-electron chi connectivity index (χ4n) is 2.91. The minimum Gasteiger partial charge on any atom is -0.469 e. The van der Waals surface area contributed by atoms with E-state index in [0.717, 1.165) is 16.8 Å². The van der Waals surface area contributed by atoms with Crippen molar-refractivity contribution in [1.29, 1.82) is 0 Å². The van der Waals surface area contributed by atoms with Crippen molar-refractivity contribution >= 4 is 16.6 Å². The van der Waals surface area contributed by atoms with E-state index in [2.05, 4.69) is 17.1 Å². The molecule has 3 heteroatoms. The first-order chi connectivity index (χ1) is 11.4. The molecule has 3 nitrogen and oxygen atoms in total. The number of carbonyl (C=O) groups is 1. The molecule has 3 aromatic rings. The third-order valence-corrected chi connectivity index (χ3v) is 4.41. The van der Waals surface area contributed by atoms with Crippen LogP contribution in [0.3, 0.4) is 0 Å². The Morgan fingerprint density at radius 2 is 1.92 bits per heavy atom. The largest absolute Gasteiger partial charge is 0.469 e. The van der Waals surface area contributed by atoms with Gasteiger partial charge in [0.2, 0.25) is 0 Å². The van der Waals surface area contributed by atoms with Crippen molar-refractivity contribution in [1.82, 2.24) is 4.98 Å². The molecule has 124 valence electrons. The summed E-state index contributed by atoms with van der Waals surface area (Å²) in [5.41, 5.74) is 0.660. The average Bonchev–Trinajstić information content (AvgIpc) is 3.08. The lowest BCUT2D eigenvalue weighted by Gasteiger charge is -2.21. The Balaban J connectivity index is 1.93. The maximum absolute atomic E-state index is 12.6. The topological polar surface area (TPSA) is 43.1 Å². The van der Waals surface area contributed by atoms with Gasteiger partial charge < -0.3 is 4.42 Å². The highest BCUT2D eigenvalue weighted by atomic mass is 16.3. The highest BCUT2D eigenvalue weighted by Crippen LogP contribution is 2.30. The predicted octanol–water partition coefficient (Wildman–Crippen LogP) is 5.16. The van der Waals surface area contributed by atoms with Gasteiger partial charge in [0.15, 0.2) is 0 Å². The number of rotatable bonds is 5. The Morgan fingerprint density at radius 3 is 2.62 bits per heavy atom. The van der Waals surface area contributed by atoms with Gasteiger partial charge in [-0.2, -0.15) is 0 Å². The summed E-state index contributed by atoms with van der Waals surface area (Å²) in [6.45, 7) is 5.89. The molecule has 2 aromatic heterocycles. The molecule has 0 unspecified atom stereocenters. The van der Waals surface area contributed by atoms with Gasteiger partial charge in [-0.25, -0.2) is 0 Å². The summed E-state index contributed by atoms with van der Waals surface area (Å²) in [4.78, 5) is 17.1. The average molecular weight is 321 g/mol. The van der Waals surface area contributed by atoms with Gasteiger partial charge in [-0.1, -0.05) is 45.0 Å². The van der Waals surface area contributed by atoms with Gasteiger partial charge in [0.1, 0.15) is 11.5 Å². The minimum atomic E-state index is -0.350. The van der Waals surface area contributed by atoms with Crippen LogP contribution in [0.1, 0.15) is 44.6 Å². The van der Waals surface area contributed by atoms with E-state index in [9.17, 15) is 4.79 Å². The van der Waals surface area contributed by atoms with E-state index in [-0.39, 0.29) is 17.1 Å². The molecule has 0 saturated carbocycles. The second-order valence-corrected chi connectivity index (χ2v) is 7.27. The molecule has 3 rings (SSSR count). The number of furan rings is 1. The zero-order valence-corrected chi connectivity index (χ0v) is 14.5. The molecular weight excluding hydrogens is 298 g/mol. The van der Waals surface area contributed by atoms with E-state index in [0.29, 0.717) is 12.8 Å². The number of hydrogen-bond donors (Lipinski definition) is 0. The summed E-state index contributed by atoms with van der Waals surface area (Å²) in [5, 5.41) is 2.31. The van der Waals surface area contributed by atoms with Gasteiger partial charge in [0.25, 0.3) is 0 Å². The molecule has 0 saturated heterocycles. The van der Waals surface area contributed by atoms with Crippen LogP contribution in [0.2, 0.25) is 0 Å². The zero-order chi connectivity index (χ0) is 17.2. The van der Waals surface area contributed by atoms with Gasteiger partial charge >= 0.3 is 0 Å². The number of nitrogens with zero attached hydrogens (tertiary/aromatic N) is 1. The molecule has 0 aliphatic carbocycles. The molecule has 0 spiro atoms. The number of benzene rings is 1. The molecule has 0 amide bonds. The highest BCUT2D eigenvalue weighted by molar-refractivity contribution is 5.85. The summed E-state index contributed by atoms with van der Waals surface area (Å²) in [5.74, 6) is 1.09. The van der Waals surface area contributed by atoms with Crippen molar-refractivity contribution in [3.63, 3.8) is 0 Å². The Morgan fingerprint density at radius 1 is 1.12 bits per heavy atom. The monoisotopic (exact) mass is 321 g/mol. The van der Waals surface area contributed by atoms with Crippen molar-refractivity contribution in [2.75, 3.05) is 0 Å². The Labute approximate surface area is 142 Å². The van der Waals surface area contributed by atoms with Crippen LogP contribution in [-0.2, 0) is 11.2 Å². The second kappa shape index (κ2) is 6.60. The third kappa shape index (κ3) is 3.56. The molecular formula is C21H23NO2. The number of ketones is 1. The first-order valence-electron chi connectivity index (χ1n) is 8.34. The van der Waals surface area contributed by atoms with Crippen LogP contribution in [0.4, 0.5) is 0 Å².